The highest BCUT2D eigenvalue weighted by molar-refractivity contribution is 5.63. The van der Waals surface area contributed by atoms with Crippen LogP contribution < -0.4 is 0 Å². The summed E-state index contributed by atoms with van der Waals surface area (Å²) in [6, 6.07) is 15.0. The molecular weight excluding hydrogens is 265 g/mol. The molecule has 0 saturated heterocycles. The van der Waals surface area contributed by atoms with Gasteiger partial charge in [0.15, 0.2) is 6.10 Å². The Balaban J connectivity index is 0.000000956. The van der Waals surface area contributed by atoms with E-state index in [0.29, 0.717) is 0 Å². The van der Waals surface area contributed by atoms with Gasteiger partial charge in [0, 0.05) is 0 Å². The lowest BCUT2D eigenvalue weighted by atomic mass is 10.0. The molecule has 2 rings (SSSR count). The SMILES string of the molecule is CC.OC(c1ccc(-c2ccccc2)cc1)C(F)(F)F. The Morgan fingerprint density at radius 1 is 0.800 bits per heavy atom. The highest BCUT2D eigenvalue weighted by Crippen LogP contribution is 2.33. The van der Waals surface area contributed by atoms with Crippen molar-refractivity contribution in [3.05, 3.63) is 60.2 Å². The van der Waals surface area contributed by atoms with Gasteiger partial charge in [-0.15, -0.1) is 0 Å². The van der Waals surface area contributed by atoms with Gasteiger partial charge in [0.1, 0.15) is 0 Å². The van der Waals surface area contributed by atoms with Crippen LogP contribution in [0.1, 0.15) is 25.5 Å². The lowest BCUT2D eigenvalue weighted by molar-refractivity contribution is -0.206. The lowest BCUT2D eigenvalue weighted by Gasteiger charge is -2.15. The fourth-order valence-corrected chi connectivity index (χ4v) is 1.68. The first kappa shape index (κ1) is 16.2. The van der Waals surface area contributed by atoms with Gasteiger partial charge >= 0.3 is 6.18 Å². The Labute approximate surface area is 116 Å². The number of hydrogen-bond acceptors (Lipinski definition) is 1. The minimum Gasteiger partial charge on any atom is -0.379 e. The number of aliphatic hydroxyl groups excluding tert-OH is 1. The van der Waals surface area contributed by atoms with Crippen LogP contribution in [0.25, 0.3) is 11.1 Å². The predicted molar refractivity (Wildman–Crippen MR) is 74.2 cm³/mol. The van der Waals surface area contributed by atoms with E-state index in [4.69, 9.17) is 5.11 Å². The molecule has 2 aromatic rings. The van der Waals surface area contributed by atoms with Crippen molar-refractivity contribution >= 4 is 0 Å². The number of benzene rings is 2. The van der Waals surface area contributed by atoms with Crippen molar-refractivity contribution < 1.29 is 18.3 Å². The van der Waals surface area contributed by atoms with Crippen LogP contribution in [0.3, 0.4) is 0 Å². The van der Waals surface area contributed by atoms with Crippen LogP contribution in [0.4, 0.5) is 13.2 Å². The standard InChI is InChI=1S/C14H11F3O.C2H6/c15-14(16,17)13(18)12-8-6-11(7-9-12)10-4-2-1-3-5-10;1-2/h1-9,13,18H;1-2H3. The zero-order valence-corrected chi connectivity index (χ0v) is 11.4. The maximum Gasteiger partial charge on any atom is 0.418 e. The largest absolute Gasteiger partial charge is 0.418 e. The summed E-state index contributed by atoms with van der Waals surface area (Å²) in [5, 5.41) is 9.09. The van der Waals surface area contributed by atoms with Crippen LogP contribution in [0.5, 0.6) is 0 Å². The average Bonchev–Trinajstić information content (AvgIpc) is 2.49. The van der Waals surface area contributed by atoms with Crippen molar-refractivity contribution in [1.82, 2.24) is 0 Å². The van der Waals surface area contributed by atoms with Gasteiger partial charge in [-0.1, -0.05) is 68.4 Å². The first-order valence-corrected chi connectivity index (χ1v) is 6.38. The minimum absolute atomic E-state index is 0.151. The molecule has 0 saturated carbocycles. The number of hydrogen-bond donors (Lipinski definition) is 1. The zero-order chi connectivity index (χ0) is 15.2. The summed E-state index contributed by atoms with van der Waals surface area (Å²) in [7, 11) is 0. The molecule has 0 radical (unpaired) electrons. The Morgan fingerprint density at radius 2 is 1.25 bits per heavy atom. The maximum atomic E-state index is 12.3. The third-order valence-electron chi connectivity index (χ3n) is 2.64. The summed E-state index contributed by atoms with van der Waals surface area (Å²) in [4.78, 5) is 0. The number of rotatable bonds is 2. The van der Waals surface area contributed by atoms with E-state index in [2.05, 4.69) is 0 Å². The Morgan fingerprint density at radius 3 is 1.70 bits per heavy atom. The number of halogens is 3. The van der Waals surface area contributed by atoms with Gasteiger partial charge in [-0.3, -0.25) is 0 Å². The second-order valence-electron chi connectivity index (χ2n) is 3.93. The molecule has 108 valence electrons. The van der Waals surface area contributed by atoms with Gasteiger partial charge in [0.25, 0.3) is 0 Å². The number of alkyl halides is 3. The molecule has 0 heterocycles. The number of aliphatic hydroxyl groups is 1. The average molecular weight is 282 g/mol. The molecule has 2 aromatic carbocycles. The molecule has 0 fully saturated rings. The molecule has 0 amide bonds. The second-order valence-corrected chi connectivity index (χ2v) is 3.93. The molecule has 0 aliphatic rings. The van der Waals surface area contributed by atoms with Gasteiger partial charge in [0.2, 0.25) is 0 Å². The van der Waals surface area contributed by atoms with Crippen molar-refractivity contribution in [1.29, 1.82) is 0 Å². The molecule has 0 aliphatic carbocycles. The van der Waals surface area contributed by atoms with E-state index >= 15 is 0 Å². The molecule has 0 aliphatic heterocycles. The smallest absolute Gasteiger partial charge is 0.379 e. The summed E-state index contributed by atoms with van der Waals surface area (Å²) >= 11 is 0. The van der Waals surface area contributed by atoms with Gasteiger partial charge in [-0.2, -0.15) is 13.2 Å². The zero-order valence-electron chi connectivity index (χ0n) is 11.4. The fourth-order valence-electron chi connectivity index (χ4n) is 1.68. The van der Waals surface area contributed by atoms with E-state index in [1.54, 1.807) is 12.1 Å². The third kappa shape index (κ3) is 4.10. The molecule has 1 nitrogen and oxygen atoms in total. The lowest BCUT2D eigenvalue weighted by Crippen LogP contribution is -2.19. The highest BCUT2D eigenvalue weighted by Gasteiger charge is 2.39. The molecule has 0 spiro atoms. The van der Waals surface area contributed by atoms with E-state index in [1.807, 2.05) is 44.2 Å². The van der Waals surface area contributed by atoms with E-state index in [-0.39, 0.29) is 5.56 Å². The van der Waals surface area contributed by atoms with Crippen molar-refractivity contribution in [2.75, 3.05) is 0 Å². The van der Waals surface area contributed by atoms with E-state index in [9.17, 15) is 13.2 Å². The second kappa shape index (κ2) is 7.10. The van der Waals surface area contributed by atoms with Gasteiger partial charge < -0.3 is 5.11 Å². The summed E-state index contributed by atoms with van der Waals surface area (Å²) in [6.45, 7) is 4.00. The summed E-state index contributed by atoms with van der Waals surface area (Å²) in [5.74, 6) is 0. The van der Waals surface area contributed by atoms with Crippen LogP contribution in [0.2, 0.25) is 0 Å². The van der Waals surface area contributed by atoms with Crippen LogP contribution >= 0.6 is 0 Å². The fraction of sp³-hybridized carbons (Fsp3) is 0.250. The quantitative estimate of drug-likeness (QED) is 0.824. The molecule has 0 bridgehead atoms. The van der Waals surface area contributed by atoms with Crippen LogP contribution in [-0.4, -0.2) is 11.3 Å². The van der Waals surface area contributed by atoms with Crippen molar-refractivity contribution in [3.63, 3.8) is 0 Å². The first-order valence-electron chi connectivity index (χ1n) is 6.38. The molecule has 1 unspecified atom stereocenters. The van der Waals surface area contributed by atoms with Crippen LogP contribution in [0.15, 0.2) is 54.6 Å². The molecule has 20 heavy (non-hydrogen) atoms. The summed E-state index contributed by atoms with van der Waals surface area (Å²) < 4.78 is 36.9. The van der Waals surface area contributed by atoms with Crippen LogP contribution in [0, 0.1) is 0 Å². The predicted octanol–water partition coefficient (Wildman–Crippen LogP) is 4.98. The first-order chi connectivity index (χ1) is 9.48. The van der Waals surface area contributed by atoms with E-state index < -0.39 is 12.3 Å². The molecule has 0 aromatic heterocycles. The Hall–Kier alpha value is -1.81. The molecule has 4 heteroatoms. The third-order valence-corrected chi connectivity index (χ3v) is 2.64. The van der Waals surface area contributed by atoms with Crippen molar-refractivity contribution in [2.24, 2.45) is 0 Å². The van der Waals surface area contributed by atoms with Gasteiger partial charge in [-0.25, -0.2) is 0 Å². The normalized spacial score (nSPS) is 12.3. The van der Waals surface area contributed by atoms with Gasteiger partial charge in [0.05, 0.1) is 0 Å². The molecule has 1 N–H and O–H groups in total. The van der Waals surface area contributed by atoms with Crippen molar-refractivity contribution in [3.8, 4) is 11.1 Å². The Kier molecular flexibility index (Phi) is 5.77. The monoisotopic (exact) mass is 282 g/mol. The van der Waals surface area contributed by atoms with E-state index in [1.165, 1.54) is 12.1 Å². The van der Waals surface area contributed by atoms with E-state index in [0.717, 1.165) is 11.1 Å². The summed E-state index contributed by atoms with van der Waals surface area (Å²) in [5.41, 5.74) is 1.58. The van der Waals surface area contributed by atoms with Crippen molar-refractivity contribution in [2.45, 2.75) is 26.1 Å². The van der Waals surface area contributed by atoms with Gasteiger partial charge in [-0.05, 0) is 16.7 Å². The Bertz CT molecular complexity index is 503. The summed E-state index contributed by atoms with van der Waals surface area (Å²) in [6.07, 6.45) is -7.06. The van der Waals surface area contributed by atoms with Crippen LogP contribution in [-0.2, 0) is 0 Å². The molecule has 1 atom stereocenters. The minimum atomic E-state index is -4.63. The topological polar surface area (TPSA) is 20.2 Å². The molecular formula is C16H17F3O. The highest BCUT2D eigenvalue weighted by atomic mass is 19.4. The maximum absolute atomic E-state index is 12.3.